The van der Waals surface area contributed by atoms with Gasteiger partial charge in [0.15, 0.2) is 0 Å². The molecule has 2 rings (SSSR count). The maximum atomic E-state index is 11.9. The van der Waals surface area contributed by atoms with E-state index in [2.05, 4.69) is 10.2 Å². The molecule has 0 aromatic heterocycles. The van der Waals surface area contributed by atoms with Crippen LogP contribution in [0.5, 0.6) is 0 Å². The fraction of sp³-hybridized carbons (Fsp3) is 0.923. The summed E-state index contributed by atoms with van der Waals surface area (Å²) in [5.74, 6) is 1.20. The molecule has 1 saturated carbocycles. The number of hydrogen-bond acceptors (Lipinski definition) is 4. The van der Waals surface area contributed by atoms with Crippen molar-refractivity contribution in [1.29, 1.82) is 0 Å². The lowest BCUT2D eigenvalue weighted by Gasteiger charge is -2.37. The number of nitrogens with one attached hydrogen (secondary N) is 1. The van der Waals surface area contributed by atoms with Crippen LogP contribution in [0.4, 0.5) is 0 Å². The molecule has 0 aromatic rings. The fourth-order valence-corrected chi connectivity index (χ4v) is 2.98. The summed E-state index contributed by atoms with van der Waals surface area (Å²) in [6.07, 6.45) is 4.85. The molecule has 0 aromatic carbocycles. The Balaban J connectivity index is 1.95. The van der Waals surface area contributed by atoms with Gasteiger partial charge in [0.1, 0.15) is 6.04 Å². The van der Waals surface area contributed by atoms with Gasteiger partial charge in [-0.05, 0) is 57.7 Å². The lowest BCUT2D eigenvalue weighted by molar-refractivity contribution is -0.148. The summed E-state index contributed by atoms with van der Waals surface area (Å²) < 4.78 is 4.97. The summed E-state index contributed by atoms with van der Waals surface area (Å²) in [6, 6.07) is 0.0275. The molecule has 2 fully saturated rings. The number of carbonyl (C=O) groups excluding carboxylic acids is 1. The lowest BCUT2D eigenvalue weighted by atomic mass is 9.95. The summed E-state index contributed by atoms with van der Waals surface area (Å²) >= 11 is 0. The van der Waals surface area contributed by atoms with Crippen LogP contribution in [0.3, 0.4) is 0 Å². The van der Waals surface area contributed by atoms with E-state index in [-0.39, 0.29) is 12.0 Å². The van der Waals surface area contributed by atoms with Gasteiger partial charge in [0, 0.05) is 6.54 Å². The van der Waals surface area contributed by atoms with Crippen molar-refractivity contribution in [1.82, 2.24) is 10.2 Å². The first kappa shape index (κ1) is 12.8. The van der Waals surface area contributed by atoms with Crippen LogP contribution in [0.15, 0.2) is 0 Å². The summed E-state index contributed by atoms with van der Waals surface area (Å²) in [6.45, 7) is 3.14. The Morgan fingerprint density at radius 2 is 2.24 bits per heavy atom. The third kappa shape index (κ3) is 3.19. The van der Waals surface area contributed by atoms with Crippen LogP contribution in [0.1, 0.15) is 25.7 Å². The number of carbonyl (C=O) groups is 1. The molecule has 0 amide bonds. The zero-order valence-corrected chi connectivity index (χ0v) is 10.9. The number of esters is 1. The maximum Gasteiger partial charge on any atom is 0.323 e. The number of nitrogens with zero attached hydrogens (tertiary/aromatic N) is 1. The summed E-state index contributed by atoms with van der Waals surface area (Å²) in [7, 11) is 3.50. The van der Waals surface area contributed by atoms with E-state index < -0.39 is 0 Å². The van der Waals surface area contributed by atoms with Gasteiger partial charge >= 0.3 is 5.97 Å². The molecule has 0 spiro atoms. The van der Waals surface area contributed by atoms with E-state index in [0.29, 0.717) is 11.8 Å². The molecule has 17 heavy (non-hydrogen) atoms. The van der Waals surface area contributed by atoms with Crippen molar-refractivity contribution in [3.05, 3.63) is 0 Å². The summed E-state index contributed by atoms with van der Waals surface area (Å²) in [5, 5.41) is 3.24. The molecular weight excluding hydrogens is 216 g/mol. The molecular formula is C13H24N2O2. The molecule has 1 heterocycles. The number of rotatable bonds is 5. The second-order valence-electron chi connectivity index (χ2n) is 5.37. The van der Waals surface area contributed by atoms with Crippen molar-refractivity contribution in [2.24, 2.45) is 11.8 Å². The van der Waals surface area contributed by atoms with E-state index in [1.165, 1.54) is 32.8 Å². The monoisotopic (exact) mass is 240 g/mol. The van der Waals surface area contributed by atoms with E-state index in [1.54, 1.807) is 0 Å². The summed E-state index contributed by atoms with van der Waals surface area (Å²) in [4.78, 5) is 14.2. The molecule has 4 nitrogen and oxygen atoms in total. The molecule has 0 bridgehead atoms. The molecule has 1 aliphatic heterocycles. The van der Waals surface area contributed by atoms with Crippen LogP contribution in [0, 0.1) is 11.8 Å². The Labute approximate surface area is 104 Å². The van der Waals surface area contributed by atoms with Gasteiger partial charge in [-0.2, -0.15) is 0 Å². The molecule has 1 aliphatic carbocycles. The van der Waals surface area contributed by atoms with E-state index in [0.717, 1.165) is 19.6 Å². The highest BCUT2D eigenvalue weighted by atomic mass is 16.5. The maximum absolute atomic E-state index is 11.9. The smallest absolute Gasteiger partial charge is 0.323 e. The van der Waals surface area contributed by atoms with Gasteiger partial charge in [-0.1, -0.05) is 0 Å². The number of hydrogen-bond donors (Lipinski definition) is 1. The van der Waals surface area contributed by atoms with E-state index in [1.807, 2.05) is 7.05 Å². The molecule has 2 unspecified atom stereocenters. The lowest BCUT2D eigenvalue weighted by Crippen LogP contribution is -2.49. The minimum Gasteiger partial charge on any atom is -0.468 e. The SMILES string of the molecule is CNCC1CCCN(C(C(=O)OC)C2CC2)C1. The van der Waals surface area contributed by atoms with Crippen molar-refractivity contribution in [3.63, 3.8) is 0 Å². The Morgan fingerprint density at radius 3 is 2.82 bits per heavy atom. The first-order valence-corrected chi connectivity index (χ1v) is 6.72. The minimum absolute atomic E-state index is 0.0275. The predicted octanol–water partition coefficient (Wildman–Crippen LogP) is 0.869. The van der Waals surface area contributed by atoms with Crippen LogP contribution in [-0.4, -0.2) is 50.7 Å². The van der Waals surface area contributed by atoms with Gasteiger partial charge in [-0.25, -0.2) is 0 Å². The molecule has 1 saturated heterocycles. The number of methoxy groups -OCH3 is 1. The van der Waals surface area contributed by atoms with Crippen molar-refractivity contribution < 1.29 is 9.53 Å². The van der Waals surface area contributed by atoms with Crippen LogP contribution >= 0.6 is 0 Å². The van der Waals surface area contributed by atoms with Crippen molar-refractivity contribution in [3.8, 4) is 0 Å². The van der Waals surface area contributed by atoms with Gasteiger partial charge in [0.2, 0.25) is 0 Å². The minimum atomic E-state index is -0.0300. The Hall–Kier alpha value is -0.610. The van der Waals surface area contributed by atoms with Gasteiger partial charge in [0.25, 0.3) is 0 Å². The summed E-state index contributed by atoms with van der Waals surface area (Å²) in [5.41, 5.74) is 0. The highest BCUT2D eigenvalue weighted by Crippen LogP contribution is 2.37. The van der Waals surface area contributed by atoms with E-state index in [9.17, 15) is 4.79 Å². The van der Waals surface area contributed by atoms with Crippen molar-refractivity contribution in [2.75, 3.05) is 33.8 Å². The van der Waals surface area contributed by atoms with Gasteiger partial charge < -0.3 is 10.1 Å². The number of piperidine rings is 1. The molecule has 4 heteroatoms. The third-order valence-electron chi connectivity index (χ3n) is 3.95. The molecule has 2 atom stereocenters. The van der Waals surface area contributed by atoms with Crippen molar-refractivity contribution >= 4 is 5.97 Å². The van der Waals surface area contributed by atoms with E-state index in [4.69, 9.17) is 4.74 Å². The Morgan fingerprint density at radius 1 is 1.47 bits per heavy atom. The van der Waals surface area contributed by atoms with Gasteiger partial charge in [-0.3, -0.25) is 9.69 Å². The van der Waals surface area contributed by atoms with Crippen LogP contribution in [0.25, 0.3) is 0 Å². The Bertz CT molecular complexity index is 264. The molecule has 1 N–H and O–H groups in total. The standard InChI is InChI=1S/C13H24N2O2/c1-14-8-10-4-3-7-15(9-10)12(11-5-6-11)13(16)17-2/h10-12,14H,3-9H2,1-2H3. The predicted molar refractivity (Wildman–Crippen MR) is 66.8 cm³/mol. The third-order valence-corrected chi connectivity index (χ3v) is 3.95. The van der Waals surface area contributed by atoms with Gasteiger partial charge in [0.05, 0.1) is 7.11 Å². The molecule has 2 aliphatic rings. The second kappa shape index (κ2) is 5.83. The average molecular weight is 240 g/mol. The van der Waals surface area contributed by atoms with Crippen LogP contribution in [-0.2, 0) is 9.53 Å². The zero-order chi connectivity index (χ0) is 12.3. The van der Waals surface area contributed by atoms with Crippen molar-refractivity contribution in [2.45, 2.75) is 31.7 Å². The highest BCUT2D eigenvalue weighted by molar-refractivity contribution is 5.76. The Kier molecular flexibility index (Phi) is 4.40. The van der Waals surface area contributed by atoms with Crippen LogP contribution in [0.2, 0.25) is 0 Å². The second-order valence-corrected chi connectivity index (χ2v) is 5.37. The molecule has 0 radical (unpaired) electrons. The average Bonchev–Trinajstić information content (AvgIpc) is 3.14. The van der Waals surface area contributed by atoms with Crippen LogP contribution < -0.4 is 5.32 Å². The quantitative estimate of drug-likeness (QED) is 0.724. The van der Waals surface area contributed by atoms with Gasteiger partial charge in [-0.15, -0.1) is 0 Å². The first-order chi connectivity index (χ1) is 8.26. The normalized spacial score (nSPS) is 27.8. The largest absolute Gasteiger partial charge is 0.468 e. The van der Waals surface area contributed by atoms with E-state index >= 15 is 0 Å². The topological polar surface area (TPSA) is 41.6 Å². The zero-order valence-electron chi connectivity index (χ0n) is 10.9. The first-order valence-electron chi connectivity index (χ1n) is 6.72. The number of ether oxygens (including phenoxy) is 1. The molecule has 98 valence electrons. The fourth-order valence-electron chi connectivity index (χ4n) is 2.98. The number of likely N-dealkylation sites (tertiary alicyclic amines) is 1. The highest BCUT2D eigenvalue weighted by Gasteiger charge is 2.42.